The van der Waals surface area contributed by atoms with Crippen LogP contribution in [0.4, 0.5) is 0 Å². The lowest BCUT2D eigenvalue weighted by Gasteiger charge is -2.42. The summed E-state index contributed by atoms with van der Waals surface area (Å²) in [6.07, 6.45) is -5.17. The number of ether oxygens (including phenoxy) is 5. The summed E-state index contributed by atoms with van der Waals surface area (Å²) in [6, 6.07) is 7.30. The van der Waals surface area contributed by atoms with E-state index >= 15 is 0 Å². The van der Waals surface area contributed by atoms with Crippen molar-refractivity contribution in [3.05, 3.63) is 40.8 Å². The summed E-state index contributed by atoms with van der Waals surface area (Å²) in [5.74, 6) is -2.11. The molecule has 0 aliphatic carbocycles. The van der Waals surface area contributed by atoms with Gasteiger partial charge in [0.15, 0.2) is 12.2 Å². The van der Waals surface area contributed by atoms with E-state index in [2.05, 4.69) is 25.6 Å². The number of aromatic nitrogens is 4. The molecule has 180 valence electrons. The number of hydrogen-bond donors (Lipinski definition) is 0. The molecule has 0 unspecified atom stereocenters. The smallest absolute Gasteiger partial charge is 0.342 e. The van der Waals surface area contributed by atoms with Crippen LogP contribution in [-0.2, 0) is 33.3 Å². The highest BCUT2D eigenvalue weighted by Gasteiger charge is 2.51. The Hall–Kier alpha value is -4.23. The van der Waals surface area contributed by atoms with E-state index in [-0.39, 0.29) is 12.6 Å². The van der Waals surface area contributed by atoms with Gasteiger partial charge in [0, 0.05) is 25.7 Å². The van der Waals surface area contributed by atoms with E-state index < -0.39 is 48.6 Å². The summed E-state index contributed by atoms with van der Waals surface area (Å²) in [5, 5.41) is 14.9. The molecule has 0 radical (unpaired) electrons. The SMILES string of the molecule is CC(=O)OC[C@H]1O[C@@H](Oc2nnnn2-c2ccccc2)[C@H](N=[N+]=[N-])[C@@H](OC(C)=O)[C@@H]1OC(C)=O. The van der Waals surface area contributed by atoms with Gasteiger partial charge in [-0.15, -0.1) is 0 Å². The second-order valence-electron chi connectivity index (χ2n) is 7.02. The Kier molecular flexibility index (Phi) is 7.95. The van der Waals surface area contributed by atoms with Crippen molar-refractivity contribution in [1.82, 2.24) is 20.2 Å². The van der Waals surface area contributed by atoms with Crippen molar-refractivity contribution in [3.8, 4) is 11.7 Å². The Morgan fingerprint density at radius 3 is 2.38 bits per heavy atom. The molecular formula is C19H21N7O8. The lowest BCUT2D eigenvalue weighted by atomic mass is 9.97. The molecule has 0 saturated carbocycles. The summed E-state index contributed by atoms with van der Waals surface area (Å²) in [5.41, 5.74) is 9.70. The molecule has 15 heteroatoms. The predicted molar refractivity (Wildman–Crippen MR) is 109 cm³/mol. The van der Waals surface area contributed by atoms with Crippen LogP contribution in [0.2, 0.25) is 0 Å². The summed E-state index contributed by atoms with van der Waals surface area (Å²) in [7, 11) is 0. The van der Waals surface area contributed by atoms with Crippen molar-refractivity contribution >= 4 is 17.9 Å². The summed E-state index contributed by atoms with van der Waals surface area (Å²) in [6.45, 7) is 3.06. The van der Waals surface area contributed by atoms with Gasteiger partial charge in [-0.1, -0.05) is 28.4 Å². The standard InChI is InChI=1S/C19H21N7O8/c1-10(27)30-9-14-16(31-11(2)28)17(32-12(3)29)15(21-23-20)18(33-14)34-19-22-24-25-26(19)13-7-5-4-6-8-13/h4-8,14-18H,9H2,1-3H3/t14-,15-,16-,17-,18+/m1/s1. The molecule has 0 spiro atoms. The predicted octanol–water partition coefficient (Wildman–Crippen LogP) is 0.871. The van der Waals surface area contributed by atoms with Crippen molar-refractivity contribution in [2.24, 2.45) is 5.11 Å². The van der Waals surface area contributed by atoms with Gasteiger partial charge in [0.05, 0.1) is 5.69 Å². The Bertz CT molecular complexity index is 1070. The van der Waals surface area contributed by atoms with Crippen LogP contribution in [0.1, 0.15) is 20.8 Å². The van der Waals surface area contributed by atoms with Crippen LogP contribution in [0.25, 0.3) is 16.1 Å². The fourth-order valence-corrected chi connectivity index (χ4v) is 3.25. The lowest BCUT2D eigenvalue weighted by molar-refractivity contribution is -0.254. The van der Waals surface area contributed by atoms with Crippen molar-refractivity contribution in [3.63, 3.8) is 0 Å². The minimum absolute atomic E-state index is 0.131. The van der Waals surface area contributed by atoms with Gasteiger partial charge in [-0.3, -0.25) is 14.4 Å². The highest BCUT2D eigenvalue weighted by Crippen LogP contribution is 2.30. The number of hydrogen-bond acceptors (Lipinski definition) is 12. The van der Waals surface area contributed by atoms with Gasteiger partial charge in [0.25, 0.3) is 0 Å². The molecule has 1 aliphatic heterocycles. The first-order valence-electron chi connectivity index (χ1n) is 9.98. The van der Waals surface area contributed by atoms with Crippen molar-refractivity contribution in [2.75, 3.05) is 6.61 Å². The molecule has 0 N–H and O–H groups in total. The third kappa shape index (κ3) is 5.96. The highest BCUT2D eigenvalue weighted by molar-refractivity contribution is 5.68. The number of azide groups is 1. The number of nitrogens with zero attached hydrogens (tertiary/aromatic N) is 7. The minimum atomic E-state index is -1.42. The normalized spacial score (nSPS) is 23.8. The molecule has 5 atom stereocenters. The van der Waals surface area contributed by atoms with Gasteiger partial charge in [0.2, 0.25) is 6.29 Å². The average Bonchev–Trinajstić information content (AvgIpc) is 3.24. The zero-order valence-electron chi connectivity index (χ0n) is 18.4. The van der Waals surface area contributed by atoms with Crippen molar-refractivity contribution in [1.29, 1.82) is 0 Å². The number of carbonyl (C=O) groups excluding carboxylic acids is 3. The molecule has 2 aromatic rings. The quantitative estimate of drug-likeness (QED) is 0.173. The van der Waals surface area contributed by atoms with Crippen LogP contribution in [0, 0.1) is 0 Å². The van der Waals surface area contributed by atoms with Crippen LogP contribution in [0.3, 0.4) is 0 Å². The van der Waals surface area contributed by atoms with Gasteiger partial charge in [-0.2, -0.15) is 4.68 Å². The molecule has 1 aromatic carbocycles. The first-order chi connectivity index (χ1) is 16.3. The van der Waals surface area contributed by atoms with Crippen LogP contribution >= 0.6 is 0 Å². The van der Waals surface area contributed by atoms with E-state index in [0.29, 0.717) is 5.69 Å². The molecule has 1 fully saturated rings. The zero-order valence-corrected chi connectivity index (χ0v) is 18.4. The Labute approximate surface area is 192 Å². The number of rotatable bonds is 8. The largest absolute Gasteiger partial charge is 0.463 e. The molecule has 2 heterocycles. The van der Waals surface area contributed by atoms with Gasteiger partial charge >= 0.3 is 23.9 Å². The number of benzene rings is 1. The van der Waals surface area contributed by atoms with E-state index in [1.165, 1.54) is 11.6 Å². The molecule has 1 aliphatic rings. The van der Waals surface area contributed by atoms with Gasteiger partial charge in [-0.25, -0.2) is 0 Å². The third-order valence-corrected chi connectivity index (χ3v) is 4.52. The molecule has 3 rings (SSSR count). The molecule has 15 nitrogen and oxygen atoms in total. The van der Waals surface area contributed by atoms with E-state index in [4.69, 9.17) is 29.2 Å². The highest BCUT2D eigenvalue weighted by atomic mass is 16.7. The number of carbonyl (C=O) groups is 3. The second-order valence-corrected chi connectivity index (χ2v) is 7.02. The topological polar surface area (TPSA) is 190 Å². The van der Waals surface area contributed by atoms with E-state index in [9.17, 15) is 14.4 Å². The first kappa shape index (κ1) is 24.4. The zero-order chi connectivity index (χ0) is 24.7. The number of tetrazole rings is 1. The third-order valence-electron chi connectivity index (χ3n) is 4.52. The van der Waals surface area contributed by atoms with Gasteiger partial charge in [0.1, 0.15) is 18.8 Å². The maximum atomic E-state index is 11.8. The summed E-state index contributed by atoms with van der Waals surface area (Å²) < 4.78 is 28.6. The van der Waals surface area contributed by atoms with Crippen molar-refractivity contribution < 1.29 is 38.1 Å². The molecule has 34 heavy (non-hydrogen) atoms. The fraction of sp³-hybridized carbons (Fsp3) is 0.474. The molecular weight excluding hydrogens is 454 g/mol. The molecule has 1 aromatic heterocycles. The molecule has 1 saturated heterocycles. The Morgan fingerprint density at radius 1 is 1.09 bits per heavy atom. The van der Waals surface area contributed by atoms with Crippen LogP contribution in [0.5, 0.6) is 6.01 Å². The first-order valence-corrected chi connectivity index (χ1v) is 9.98. The summed E-state index contributed by atoms with van der Waals surface area (Å²) in [4.78, 5) is 37.7. The summed E-state index contributed by atoms with van der Waals surface area (Å²) >= 11 is 0. The second kappa shape index (κ2) is 11.1. The molecule has 0 amide bonds. The monoisotopic (exact) mass is 475 g/mol. The maximum absolute atomic E-state index is 11.8. The molecule has 0 bridgehead atoms. The van der Waals surface area contributed by atoms with Crippen LogP contribution in [0.15, 0.2) is 35.4 Å². The Balaban J connectivity index is 1.98. The minimum Gasteiger partial charge on any atom is -0.463 e. The van der Waals surface area contributed by atoms with E-state index in [1.807, 2.05) is 0 Å². The van der Waals surface area contributed by atoms with Crippen LogP contribution < -0.4 is 4.74 Å². The van der Waals surface area contributed by atoms with E-state index in [1.54, 1.807) is 30.3 Å². The fourth-order valence-electron chi connectivity index (χ4n) is 3.25. The average molecular weight is 475 g/mol. The number of para-hydroxylation sites is 1. The maximum Gasteiger partial charge on any atom is 0.342 e. The lowest BCUT2D eigenvalue weighted by Crippen LogP contribution is -2.62. The number of esters is 3. The van der Waals surface area contributed by atoms with Gasteiger partial charge < -0.3 is 23.7 Å². The van der Waals surface area contributed by atoms with Gasteiger partial charge in [-0.05, 0) is 28.1 Å². The van der Waals surface area contributed by atoms with Crippen molar-refractivity contribution in [2.45, 2.75) is 51.4 Å². The van der Waals surface area contributed by atoms with Crippen LogP contribution in [-0.4, -0.2) is 75.4 Å². The Morgan fingerprint density at radius 2 is 1.76 bits per heavy atom. The van der Waals surface area contributed by atoms with E-state index in [0.717, 1.165) is 13.8 Å².